The van der Waals surface area contributed by atoms with Gasteiger partial charge in [0.05, 0.1) is 12.3 Å². The second kappa shape index (κ2) is 6.06. The summed E-state index contributed by atoms with van der Waals surface area (Å²) in [6, 6.07) is 2.19. The summed E-state index contributed by atoms with van der Waals surface area (Å²) in [6.07, 6.45) is 5.30. The molecule has 0 amide bonds. The number of rotatable bonds is 6. The molecule has 1 aliphatic carbocycles. The predicted molar refractivity (Wildman–Crippen MR) is 75.3 cm³/mol. The highest BCUT2D eigenvalue weighted by molar-refractivity contribution is 5.13. The van der Waals surface area contributed by atoms with Gasteiger partial charge in [0.15, 0.2) is 0 Å². The van der Waals surface area contributed by atoms with E-state index in [2.05, 4.69) is 28.1 Å². The SMILES string of the molecule is Cc1cc([C@@H]2CCCN(CCOCC3CC3)C2)n[nH]1. The van der Waals surface area contributed by atoms with Crippen molar-refractivity contribution in [1.82, 2.24) is 15.1 Å². The normalized spacial score (nSPS) is 24.8. The lowest BCUT2D eigenvalue weighted by Gasteiger charge is -2.31. The molecule has 0 radical (unpaired) electrons. The molecule has 0 unspecified atom stereocenters. The molecule has 0 bridgehead atoms. The van der Waals surface area contributed by atoms with Crippen LogP contribution >= 0.6 is 0 Å². The number of likely N-dealkylation sites (tertiary alicyclic amines) is 1. The van der Waals surface area contributed by atoms with Crippen LogP contribution in [0.15, 0.2) is 6.07 Å². The van der Waals surface area contributed by atoms with Gasteiger partial charge in [-0.1, -0.05) is 0 Å². The van der Waals surface area contributed by atoms with E-state index in [9.17, 15) is 0 Å². The second-order valence-corrected chi connectivity index (χ2v) is 6.13. The summed E-state index contributed by atoms with van der Waals surface area (Å²) >= 11 is 0. The third kappa shape index (κ3) is 3.80. The number of ether oxygens (including phenoxy) is 1. The number of aromatic nitrogens is 2. The first-order valence-corrected chi connectivity index (χ1v) is 7.63. The highest BCUT2D eigenvalue weighted by Crippen LogP contribution is 2.29. The number of nitrogens with zero attached hydrogens (tertiary/aromatic N) is 2. The first kappa shape index (κ1) is 13.1. The summed E-state index contributed by atoms with van der Waals surface area (Å²) in [5, 5.41) is 7.48. The molecular formula is C15H25N3O. The maximum absolute atomic E-state index is 5.74. The van der Waals surface area contributed by atoms with Gasteiger partial charge in [-0.2, -0.15) is 5.10 Å². The molecule has 19 heavy (non-hydrogen) atoms. The van der Waals surface area contributed by atoms with Crippen molar-refractivity contribution in [3.8, 4) is 0 Å². The molecule has 4 heteroatoms. The predicted octanol–water partition coefficient (Wildman–Crippen LogP) is 2.32. The molecule has 0 spiro atoms. The molecule has 1 aromatic rings. The molecule has 1 saturated heterocycles. The zero-order valence-corrected chi connectivity index (χ0v) is 11.9. The van der Waals surface area contributed by atoms with Crippen molar-refractivity contribution in [1.29, 1.82) is 0 Å². The lowest BCUT2D eigenvalue weighted by atomic mass is 9.95. The Bertz CT molecular complexity index is 400. The Kier molecular flexibility index (Phi) is 4.18. The van der Waals surface area contributed by atoms with Gasteiger partial charge in [0.25, 0.3) is 0 Å². The summed E-state index contributed by atoms with van der Waals surface area (Å²) in [5.74, 6) is 1.48. The number of aromatic amines is 1. The standard InChI is InChI=1S/C15H25N3O/c1-12-9-15(17-16-12)14-3-2-6-18(10-14)7-8-19-11-13-4-5-13/h9,13-14H,2-8,10-11H2,1H3,(H,16,17)/t14-/m1/s1. The van der Waals surface area contributed by atoms with Crippen LogP contribution in [0.2, 0.25) is 0 Å². The molecule has 1 saturated carbocycles. The quantitative estimate of drug-likeness (QED) is 0.801. The topological polar surface area (TPSA) is 41.1 Å². The third-order valence-corrected chi connectivity index (χ3v) is 4.25. The highest BCUT2D eigenvalue weighted by Gasteiger charge is 2.24. The fourth-order valence-electron chi connectivity index (χ4n) is 2.88. The number of hydrogen-bond donors (Lipinski definition) is 1. The van der Waals surface area contributed by atoms with E-state index in [1.807, 2.05) is 0 Å². The van der Waals surface area contributed by atoms with E-state index in [1.54, 1.807) is 0 Å². The van der Waals surface area contributed by atoms with E-state index in [0.29, 0.717) is 5.92 Å². The fraction of sp³-hybridized carbons (Fsp3) is 0.800. The summed E-state index contributed by atoms with van der Waals surface area (Å²) in [5.41, 5.74) is 2.40. The molecule has 3 rings (SSSR count). The average Bonchev–Trinajstić information content (AvgIpc) is 3.15. The van der Waals surface area contributed by atoms with Crippen LogP contribution in [0.25, 0.3) is 0 Å². The Balaban J connectivity index is 1.42. The van der Waals surface area contributed by atoms with Crippen molar-refractivity contribution in [2.45, 2.75) is 38.5 Å². The number of H-pyrrole nitrogens is 1. The van der Waals surface area contributed by atoms with Crippen molar-refractivity contribution in [2.24, 2.45) is 5.92 Å². The van der Waals surface area contributed by atoms with Crippen molar-refractivity contribution >= 4 is 0 Å². The lowest BCUT2D eigenvalue weighted by Crippen LogP contribution is -2.36. The molecule has 0 aromatic carbocycles. The summed E-state index contributed by atoms with van der Waals surface area (Å²) in [6.45, 7) is 7.37. The Morgan fingerprint density at radius 2 is 2.32 bits per heavy atom. The van der Waals surface area contributed by atoms with Crippen molar-refractivity contribution in [2.75, 3.05) is 32.8 Å². The molecule has 1 atom stereocenters. The van der Waals surface area contributed by atoms with E-state index < -0.39 is 0 Å². The zero-order chi connectivity index (χ0) is 13.1. The highest BCUT2D eigenvalue weighted by atomic mass is 16.5. The maximum atomic E-state index is 5.74. The lowest BCUT2D eigenvalue weighted by molar-refractivity contribution is 0.0861. The van der Waals surface area contributed by atoms with Crippen LogP contribution < -0.4 is 0 Å². The molecule has 2 heterocycles. The zero-order valence-electron chi connectivity index (χ0n) is 11.9. The van der Waals surface area contributed by atoms with E-state index in [0.717, 1.165) is 32.2 Å². The minimum Gasteiger partial charge on any atom is -0.380 e. The minimum absolute atomic E-state index is 0.599. The van der Waals surface area contributed by atoms with Gasteiger partial charge in [0, 0.05) is 31.3 Å². The van der Waals surface area contributed by atoms with E-state index in [-0.39, 0.29) is 0 Å². The average molecular weight is 263 g/mol. The van der Waals surface area contributed by atoms with E-state index in [1.165, 1.54) is 43.6 Å². The molecule has 106 valence electrons. The van der Waals surface area contributed by atoms with Crippen LogP contribution in [0.3, 0.4) is 0 Å². The smallest absolute Gasteiger partial charge is 0.0668 e. The second-order valence-electron chi connectivity index (χ2n) is 6.13. The van der Waals surface area contributed by atoms with Crippen molar-refractivity contribution in [3.05, 3.63) is 17.5 Å². The van der Waals surface area contributed by atoms with Gasteiger partial charge in [-0.05, 0) is 51.1 Å². The van der Waals surface area contributed by atoms with Crippen LogP contribution in [-0.4, -0.2) is 47.9 Å². The van der Waals surface area contributed by atoms with Crippen LogP contribution in [-0.2, 0) is 4.74 Å². The molecule has 2 aliphatic rings. The van der Waals surface area contributed by atoms with Crippen LogP contribution in [0, 0.1) is 12.8 Å². The number of hydrogen-bond acceptors (Lipinski definition) is 3. The molecular weight excluding hydrogens is 238 g/mol. The molecule has 1 aliphatic heterocycles. The third-order valence-electron chi connectivity index (χ3n) is 4.25. The van der Waals surface area contributed by atoms with E-state index >= 15 is 0 Å². The largest absolute Gasteiger partial charge is 0.380 e. The van der Waals surface area contributed by atoms with E-state index in [4.69, 9.17) is 4.74 Å². The molecule has 4 nitrogen and oxygen atoms in total. The van der Waals surface area contributed by atoms with Crippen LogP contribution in [0.5, 0.6) is 0 Å². The Labute approximate surface area is 115 Å². The van der Waals surface area contributed by atoms with Crippen LogP contribution in [0.1, 0.15) is 43.0 Å². The Hall–Kier alpha value is -0.870. The van der Waals surface area contributed by atoms with Gasteiger partial charge in [-0.3, -0.25) is 5.10 Å². The first-order valence-electron chi connectivity index (χ1n) is 7.63. The molecule has 2 fully saturated rings. The number of piperidine rings is 1. The fourth-order valence-corrected chi connectivity index (χ4v) is 2.88. The Morgan fingerprint density at radius 3 is 3.05 bits per heavy atom. The summed E-state index contributed by atoms with van der Waals surface area (Å²) < 4.78 is 5.74. The Morgan fingerprint density at radius 1 is 1.42 bits per heavy atom. The molecule has 1 N–H and O–H groups in total. The van der Waals surface area contributed by atoms with Gasteiger partial charge < -0.3 is 9.64 Å². The summed E-state index contributed by atoms with van der Waals surface area (Å²) in [4.78, 5) is 2.53. The summed E-state index contributed by atoms with van der Waals surface area (Å²) in [7, 11) is 0. The molecule has 1 aromatic heterocycles. The van der Waals surface area contributed by atoms with Gasteiger partial charge in [0.1, 0.15) is 0 Å². The minimum atomic E-state index is 0.599. The van der Waals surface area contributed by atoms with Crippen molar-refractivity contribution in [3.63, 3.8) is 0 Å². The first-order chi connectivity index (χ1) is 9.31. The van der Waals surface area contributed by atoms with Gasteiger partial charge in [-0.25, -0.2) is 0 Å². The van der Waals surface area contributed by atoms with Gasteiger partial charge in [-0.15, -0.1) is 0 Å². The van der Waals surface area contributed by atoms with Crippen molar-refractivity contribution < 1.29 is 4.74 Å². The number of nitrogens with one attached hydrogen (secondary N) is 1. The van der Waals surface area contributed by atoms with Crippen LogP contribution in [0.4, 0.5) is 0 Å². The van der Waals surface area contributed by atoms with Gasteiger partial charge in [0.2, 0.25) is 0 Å². The number of aryl methyl sites for hydroxylation is 1. The maximum Gasteiger partial charge on any atom is 0.0668 e. The van der Waals surface area contributed by atoms with Gasteiger partial charge >= 0.3 is 0 Å². The monoisotopic (exact) mass is 263 g/mol.